The zero-order chi connectivity index (χ0) is 16.7. The molecule has 1 aromatic heterocycles. The number of benzene rings is 1. The van der Waals surface area contributed by atoms with Gasteiger partial charge in [0.05, 0.1) is 24.7 Å². The van der Waals surface area contributed by atoms with E-state index >= 15 is 0 Å². The molecule has 0 bridgehead atoms. The Kier molecular flexibility index (Phi) is 3.59. The number of fused-ring (bicyclic) bond motifs is 3. The third-order valence-electron chi connectivity index (χ3n) is 4.81. The van der Waals surface area contributed by atoms with Crippen LogP contribution in [0.25, 0.3) is 0 Å². The molecular weight excluding hydrogens is 306 g/mol. The van der Waals surface area contributed by atoms with Gasteiger partial charge >= 0.3 is 0 Å². The molecule has 0 radical (unpaired) electrons. The molecule has 1 unspecified atom stereocenters. The lowest BCUT2D eigenvalue weighted by atomic mass is 9.90. The first-order valence-electron chi connectivity index (χ1n) is 8.19. The quantitative estimate of drug-likeness (QED) is 0.839. The number of hydrogen-bond acceptors (Lipinski definition) is 4. The monoisotopic (exact) mass is 325 g/mol. The molecule has 124 valence electrons. The van der Waals surface area contributed by atoms with Crippen molar-refractivity contribution >= 4 is 11.8 Å². The van der Waals surface area contributed by atoms with Crippen LogP contribution in [0, 0.1) is 6.92 Å². The zero-order valence-electron chi connectivity index (χ0n) is 13.6. The topological polar surface area (TPSA) is 66.7 Å². The molecule has 24 heavy (non-hydrogen) atoms. The number of rotatable bonds is 2. The number of hydrogen-bond donors (Lipinski definition) is 0. The number of aryl methyl sites for hydroxylation is 1. The van der Waals surface area contributed by atoms with Crippen molar-refractivity contribution in [2.24, 2.45) is 0 Å². The van der Waals surface area contributed by atoms with Crippen molar-refractivity contribution in [3.63, 3.8) is 0 Å². The Morgan fingerprint density at radius 2 is 2.21 bits per heavy atom. The lowest BCUT2D eigenvalue weighted by Gasteiger charge is -2.44. The summed E-state index contributed by atoms with van der Waals surface area (Å²) in [7, 11) is 0. The van der Waals surface area contributed by atoms with Crippen molar-refractivity contribution in [2.75, 3.05) is 19.6 Å². The molecule has 4 rings (SSSR count). The van der Waals surface area contributed by atoms with Gasteiger partial charge in [-0.3, -0.25) is 9.59 Å². The van der Waals surface area contributed by atoms with E-state index in [1.165, 1.54) is 5.56 Å². The first-order valence-corrected chi connectivity index (χ1v) is 8.19. The zero-order valence-corrected chi connectivity index (χ0v) is 13.6. The molecule has 0 aliphatic carbocycles. The van der Waals surface area contributed by atoms with Crippen LogP contribution in [-0.2, 0) is 22.4 Å². The number of carbonyl (C=O) groups excluding carboxylic acids is 2. The van der Waals surface area contributed by atoms with Gasteiger partial charge in [0.2, 0.25) is 11.8 Å². The van der Waals surface area contributed by atoms with Gasteiger partial charge in [-0.2, -0.15) is 0 Å². The predicted octanol–water partition coefficient (Wildman–Crippen LogP) is 1.49. The second-order valence-corrected chi connectivity index (χ2v) is 6.43. The van der Waals surface area contributed by atoms with Crippen molar-refractivity contribution in [1.29, 1.82) is 0 Å². The van der Waals surface area contributed by atoms with Gasteiger partial charge in [-0.05, 0) is 24.5 Å². The van der Waals surface area contributed by atoms with Crippen LogP contribution in [-0.4, -0.2) is 46.4 Å². The van der Waals surface area contributed by atoms with Crippen LogP contribution in [0.4, 0.5) is 0 Å². The van der Waals surface area contributed by atoms with Crippen LogP contribution >= 0.6 is 0 Å². The third-order valence-corrected chi connectivity index (χ3v) is 4.81. The summed E-state index contributed by atoms with van der Waals surface area (Å²) in [6.45, 7) is 3.21. The molecule has 1 fully saturated rings. The van der Waals surface area contributed by atoms with Crippen LogP contribution in [0.3, 0.4) is 0 Å². The van der Waals surface area contributed by atoms with Gasteiger partial charge in [0.15, 0.2) is 0 Å². The van der Waals surface area contributed by atoms with Gasteiger partial charge in [0.25, 0.3) is 0 Å². The molecule has 2 aliphatic heterocycles. The van der Waals surface area contributed by atoms with Crippen molar-refractivity contribution in [3.05, 3.63) is 52.9 Å². The summed E-state index contributed by atoms with van der Waals surface area (Å²) in [6, 6.07) is 9.90. The van der Waals surface area contributed by atoms with E-state index in [1.54, 1.807) is 17.9 Å². The molecular formula is C18H19N3O3. The fourth-order valence-electron chi connectivity index (χ4n) is 3.63. The first kappa shape index (κ1) is 14.9. The van der Waals surface area contributed by atoms with E-state index < -0.39 is 0 Å². The Bertz CT molecular complexity index is 798. The molecule has 0 spiro atoms. The third kappa shape index (κ3) is 2.58. The smallest absolute Gasteiger partial charge is 0.242 e. The Hall–Kier alpha value is -2.63. The van der Waals surface area contributed by atoms with Crippen LogP contribution in [0.2, 0.25) is 0 Å². The molecule has 1 saturated heterocycles. The number of amides is 2. The van der Waals surface area contributed by atoms with Crippen LogP contribution in [0.15, 0.2) is 34.9 Å². The largest absolute Gasteiger partial charge is 0.361 e. The molecule has 0 saturated carbocycles. The highest BCUT2D eigenvalue weighted by atomic mass is 16.5. The minimum atomic E-state index is -0.0839. The minimum Gasteiger partial charge on any atom is -0.361 e. The van der Waals surface area contributed by atoms with E-state index in [2.05, 4.69) is 17.3 Å². The van der Waals surface area contributed by atoms with Gasteiger partial charge in [-0.1, -0.05) is 29.4 Å². The summed E-state index contributed by atoms with van der Waals surface area (Å²) in [5.74, 6) is 0.615. The molecule has 2 amide bonds. The molecule has 0 N–H and O–H groups in total. The highest BCUT2D eigenvalue weighted by Crippen LogP contribution is 2.33. The highest BCUT2D eigenvalue weighted by Gasteiger charge is 2.38. The summed E-state index contributed by atoms with van der Waals surface area (Å²) in [6.07, 6.45) is 1.05. The van der Waals surface area contributed by atoms with Crippen LogP contribution < -0.4 is 0 Å². The van der Waals surface area contributed by atoms with Gasteiger partial charge in [-0.25, -0.2) is 0 Å². The normalized spacial score (nSPS) is 19.9. The second-order valence-electron chi connectivity index (χ2n) is 6.43. The van der Waals surface area contributed by atoms with E-state index in [-0.39, 0.29) is 30.8 Å². The highest BCUT2D eigenvalue weighted by molar-refractivity contribution is 5.87. The maximum atomic E-state index is 12.6. The Morgan fingerprint density at radius 1 is 1.38 bits per heavy atom. The Labute approximate surface area is 140 Å². The molecule has 2 aromatic rings. The SMILES string of the molecule is Cc1cc(CC(=O)N2CC(=O)N3CCc4ccccc4C3C2)no1. The van der Waals surface area contributed by atoms with Gasteiger partial charge < -0.3 is 14.3 Å². The number of piperazine rings is 1. The number of nitrogens with zero attached hydrogens (tertiary/aromatic N) is 3. The molecule has 1 atom stereocenters. The maximum absolute atomic E-state index is 12.6. The molecule has 6 heteroatoms. The van der Waals surface area contributed by atoms with Gasteiger partial charge in [-0.15, -0.1) is 0 Å². The minimum absolute atomic E-state index is 0.0189. The molecule has 3 heterocycles. The Balaban J connectivity index is 1.55. The lowest BCUT2D eigenvalue weighted by molar-refractivity contribution is -0.149. The van der Waals surface area contributed by atoms with E-state index in [4.69, 9.17) is 4.52 Å². The summed E-state index contributed by atoms with van der Waals surface area (Å²) in [5.41, 5.74) is 3.04. The van der Waals surface area contributed by atoms with Crippen molar-refractivity contribution < 1.29 is 14.1 Å². The maximum Gasteiger partial charge on any atom is 0.242 e. The van der Waals surface area contributed by atoms with Gasteiger partial charge in [0, 0.05) is 19.2 Å². The van der Waals surface area contributed by atoms with E-state index in [0.717, 1.165) is 18.5 Å². The molecule has 2 aliphatic rings. The van der Waals surface area contributed by atoms with E-state index in [0.29, 0.717) is 18.0 Å². The summed E-state index contributed by atoms with van der Waals surface area (Å²) in [5, 5.41) is 3.87. The van der Waals surface area contributed by atoms with Crippen molar-refractivity contribution in [2.45, 2.75) is 25.8 Å². The predicted molar refractivity (Wildman–Crippen MR) is 86.1 cm³/mol. The lowest BCUT2D eigenvalue weighted by Crippen LogP contribution is -2.55. The standard InChI is InChI=1S/C18H19N3O3/c1-12-8-14(19-24-12)9-17(22)20-10-16-15-5-3-2-4-13(15)6-7-21(16)18(23)11-20/h2-5,8,16H,6-7,9-11H2,1H3. The first-order chi connectivity index (χ1) is 11.6. The fourth-order valence-corrected chi connectivity index (χ4v) is 3.63. The summed E-state index contributed by atoms with van der Waals surface area (Å²) in [4.78, 5) is 28.6. The van der Waals surface area contributed by atoms with E-state index in [1.807, 2.05) is 17.0 Å². The Morgan fingerprint density at radius 3 is 3.00 bits per heavy atom. The average molecular weight is 325 g/mol. The molecule has 1 aromatic carbocycles. The van der Waals surface area contributed by atoms with Crippen LogP contribution in [0.5, 0.6) is 0 Å². The number of aromatic nitrogens is 1. The van der Waals surface area contributed by atoms with Crippen molar-refractivity contribution in [3.8, 4) is 0 Å². The summed E-state index contributed by atoms with van der Waals surface area (Å²) < 4.78 is 5.01. The van der Waals surface area contributed by atoms with Crippen molar-refractivity contribution in [1.82, 2.24) is 15.0 Å². The van der Waals surface area contributed by atoms with E-state index in [9.17, 15) is 9.59 Å². The number of carbonyl (C=O) groups is 2. The second kappa shape index (κ2) is 5.78. The fraction of sp³-hybridized carbons (Fsp3) is 0.389. The average Bonchev–Trinajstić information content (AvgIpc) is 2.99. The van der Waals surface area contributed by atoms with Gasteiger partial charge in [0.1, 0.15) is 5.76 Å². The molecule has 6 nitrogen and oxygen atoms in total. The van der Waals surface area contributed by atoms with Crippen LogP contribution in [0.1, 0.15) is 28.6 Å². The summed E-state index contributed by atoms with van der Waals surface area (Å²) >= 11 is 0.